The fourth-order valence-electron chi connectivity index (χ4n) is 3.69. The Labute approximate surface area is 185 Å². The zero-order valence-corrected chi connectivity index (χ0v) is 17.8. The van der Waals surface area contributed by atoms with Crippen molar-refractivity contribution < 1.29 is 14.3 Å². The third kappa shape index (κ3) is 3.12. The fourth-order valence-corrected chi connectivity index (χ4v) is 4.68. The molecule has 2 aromatic heterocycles. The van der Waals surface area contributed by atoms with Gasteiger partial charge in [-0.3, -0.25) is 19.3 Å². The minimum absolute atomic E-state index is 0.225. The maximum absolute atomic E-state index is 13.2. The highest BCUT2D eigenvalue weighted by molar-refractivity contribution is 7.15. The quantitative estimate of drug-likeness (QED) is 0.487. The van der Waals surface area contributed by atoms with E-state index in [1.54, 1.807) is 24.3 Å². The van der Waals surface area contributed by atoms with E-state index in [2.05, 4.69) is 10.1 Å². The van der Waals surface area contributed by atoms with Gasteiger partial charge in [0, 0.05) is 11.1 Å². The van der Waals surface area contributed by atoms with Crippen molar-refractivity contribution in [2.45, 2.75) is 6.92 Å². The number of fused-ring (bicyclic) bond motifs is 2. The number of benzene rings is 2. The molecule has 0 fully saturated rings. The van der Waals surface area contributed by atoms with Gasteiger partial charge in [-0.15, -0.1) is 5.10 Å². The zero-order valence-electron chi connectivity index (χ0n) is 16.9. The first kappa shape index (κ1) is 19.9. The van der Waals surface area contributed by atoms with Crippen LogP contribution < -0.4 is 25.5 Å². The average molecular weight is 447 g/mol. The standard InChI is InChI=1S/C22H17N5O4S/c1-2-31-13-9-7-12(8-10-13)19-24-22-27(25-19)21(30)18(32-22)17-14-5-3-4-6-15(14)26(20(17)29)11-16(23)28/h3-10H,2,11H2,1H3,(H2,23,28). The molecular weight excluding hydrogens is 430 g/mol. The van der Waals surface area contributed by atoms with Crippen molar-refractivity contribution >= 4 is 39.4 Å². The first-order chi connectivity index (χ1) is 15.5. The maximum atomic E-state index is 13.2. The molecule has 0 aliphatic carbocycles. The lowest BCUT2D eigenvalue weighted by molar-refractivity contribution is -0.119. The van der Waals surface area contributed by atoms with Crippen LogP contribution in [0.4, 0.5) is 5.69 Å². The molecule has 0 atom stereocenters. The van der Waals surface area contributed by atoms with E-state index >= 15 is 0 Å². The smallest absolute Gasteiger partial charge is 0.291 e. The molecule has 9 nitrogen and oxygen atoms in total. The van der Waals surface area contributed by atoms with Gasteiger partial charge in [0.15, 0.2) is 5.82 Å². The number of ether oxygens (including phenoxy) is 1. The molecule has 0 saturated carbocycles. The summed E-state index contributed by atoms with van der Waals surface area (Å²) in [6.45, 7) is 2.21. The maximum Gasteiger partial charge on any atom is 0.291 e. The van der Waals surface area contributed by atoms with Crippen molar-refractivity contribution in [3.63, 3.8) is 0 Å². The number of carbonyl (C=O) groups excluding carboxylic acids is 2. The van der Waals surface area contributed by atoms with Crippen LogP contribution in [0.1, 0.15) is 12.5 Å². The van der Waals surface area contributed by atoms with Crippen LogP contribution in [0.15, 0.2) is 53.3 Å². The minimum Gasteiger partial charge on any atom is -0.494 e. The number of hydrogen-bond acceptors (Lipinski definition) is 7. The van der Waals surface area contributed by atoms with Crippen LogP contribution >= 0.6 is 11.3 Å². The van der Waals surface area contributed by atoms with E-state index in [9.17, 15) is 14.4 Å². The zero-order chi connectivity index (χ0) is 22.4. The molecule has 4 aromatic rings. The van der Waals surface area contributed by atoms with Crippen molar-refractivity contribution in [1.29, 1.82) is 0 Å². The first-order valence-electron chi connectivity index (χ1n) is 9.84. The van der Waals surface area contributed by atoms with Gasteiger partial charge in [-0.1, -0.05) is 29.5 Å². The van der Waals surface area contributed by atoms with Crippen LogP contribution in [0.3, 0.4) is 0 Å². The average Bonchev–Trinajstić information content (AvgIpc) is 3.41. The third-order valence-electron chi connectivity index (χ3n) is 5.05. The largest absolute Gasteiger partial charge is 0.494 e. The molecule has 2 N–H and O–H groups in total. The molecule has 0 unspecified atom stereocenters. The Bertz CT molecular complexity index is 1490. The van der Waals surface area contributed by atoms with Crippen LogP contribution in [-0.4, -0.2) is 39.6 Å². The summed E-state index contributed by atoms with van der Waals surface area (Å²) in [5, 5.41) is 4.35. The van der Waals surface area contributed by atoms with Crippen LogP contribution in [0.5, 0.6) is 5.75 Å². The number of aromatic nitrogens is 3. The van der Waals surface area contributed by atoms with Gasteiger partial charge in [-0.2, -0.15) is 9.50 Å². The monoisotopic (exact) mass is 447 g/mol. The number of thiazole rings is 1. The summed E-state index contributed by atoms with van der Waals surface area (Å²) < 4.78 is 6.87. The van der Waals surface area contributed by atoms with Crippen LogP contribution in [0.2, 0.25) is 0 Å². The number of nitrogens with two attached hydrogens (primary N) is 1. The van der Waals surface area contributed by atoms with Crippen LogP contribution in [0.25, 0.3) is 21.9 Å². The second-order valence-electron chi connectivity index (χ2n) is 7.07. The molecule has 32 heavy (non-hydrogen) atoms. The minimum atomic E-state index is -0.639. The van der Waals surface area contributed by atoms with Crippen LogP contribution in [0, 0.1) is 0 Å². The Balaban J connectivity index is 1.63. The molecule has 1 aliphatic rings. The van der Waals surface area contributed by atoms with E-state index in [1.807, 2.05) is 31.2 Å². The number of rotatable bonds is 5. The summed E-state index contributed by atoms with van der Waals surface area (Å²) in [6.07, 6.45) is 0. The molecular formula is C22H17N5O4S. The summed E-state index contributed by atoms with van der Waals surface area (Å²) in [5.41, 5.74) is 6.97. The topological polar surface area (TPSA) is 120 Å². The summed E-state index contributed by atoms with van der Waals surface area (Å²) in [5.74, 6) is 0.0542. The van der Waals surface area contributed by atoms with Crippen LogP contribution in [-0.2, 0) is 9.59 Å². The van der Waals surface area contributed by atoms with Crippen molar-refractivity contribution in [2.75, 3.05) is 18.1 Å². The van der Waals surface area contributed by atoms with Crippen molar-refractivity contribution in [2.24, 2.45) is 5.73 Å². The van der Waals surface area contributed by atoms with Crippen molar-refractivity contribution in [3.8, 4) is 17.1 Å². The molecule has 5 rings (SSSR count). The number of nitrogens with zero attached hydrogens (tertiary/aromatic N) is 4. The van der Waals surface area contributed by atoms with Gasteiger partial charge in [-0.25, -0.2) is 0 Å². The van der Waals surface area contributed by atoms with Crippen molar-refractivity contribution in [3.05, 3.63) is 69.0 Å². The Kier molecular flexibility index (Phi) is 4.71. The van der Waals surface area contributed by atoms with Crippen molar-refractivity contribution in [1.82, 2.24) is 14.6 Å². The lowest BCUT2D eigenvalue weighted by atomic mass is 10.1. The summed E-state index contributed by atoms with van der Waals surface area (Å²) in [7, 11) is 0. The lowest BCUT2D eigenvalue weighted by Gasteiger charge is -2.14. The van der Waals surface area contributed by atoms with E-state index in [1.165, 1.54) is 9.42 Å². The normalized spacial score (nSPS) is 14.8. The molecule has 1 aliphatic heterocycles. The molecule has 2 amide bonds. The molecule has 3 heterocycles. The number of carbonyl (C=O) groups is 2. The predicted octanol–water partition coefficient (Wildman–Crippen LogP) is 0.966. The van der Waals surface area contributed by atoms with E-state index in [0.29, 0.717) is 28.6 Å². The van der Waals surface area contributed by atoms with Gasteiger partial charge in [0.05, 0.1) is 17.9 Å². The summed E-state index contributed by atoms with van der Waals surface area (Å²) >= 11 is 1.09. The Morgan fingerprint density at radius 2 is 1.88 bits per heavy atom. The highest BCUT2D eigenvalue weighted by Gasteiger charge is 2.35. The number of primary amides is 1. The number of amides is 2. The molecule has 2 aromatic carbocycles. The third-order valence-corrected chi connectivity index (χ3v) is 6.07. The molecule has 0 spiro atoms. The lowest BCUT2D eigenvalue weighted by Crippen LogP contribution is -2.37. The van der Waals surface area contributed by atoms with Gasteiger partial charge < -0.3 is 10.5 Å². The first-order valence-corrected chi connectivity index (χ1v) is 10.7. The van der Waals surface area contributed by atoms with Gasteiger partial charge >= 0.3 is 0 Å². The molecule has 0 bridgehead atoms. The number of hydrogen-bond donors (Lipinski definition) is 1. The highest BCUT2D eigenvalue weighted by Crippen LogP contribution is 2.34. The Morgan fingerprint density at radius 1 is 1.12 bits per heavy atom. The SMILES string of the molecule is CCOc1ccc(-c2nc3sc(=C4C(=O)N(CC(N)=O)c5ccccc54)c(=O)n3n2)cc1. The van der Waals surface area contributed by atoms with E-state index in [0.717, 1.165) is 22.6 Å². The summed E-state index contributed by atoms with van der Waals surface area (Å²) in [6, 6.07) is 14.3. The fraction of sp³-hybridized carbons (Fsp3) is 0.136. The summed E-state index contributed by atoms with van der Waals surface area (Å²) in [4.78, 5) is 43.9. The van der Waals surface area contributed by atoms with Gasteiger partial charge in [0.1, 0.15) is 16.8 Å². The second kappa shape index (κ2) is 7.57. The number of para-hydroxylation sites is 1. The Hall–Kier alpha value is -4.05. The molecule has 160 valence electrons. The number of anilines is 1. The van der Waals surface area contributed by atoms with E-state index in [-0.39, 0.29) is 16.7 Å². The molecule has 0 radical (unpaired) electrons. The molecule has 0 saturated heterocycles. The Morgan fingerprint density at radius 3 is 2.56 bits per heavy atom. The highest BCUT2D eigenvalue weighted by atomic mass is 32.1. The van der Waals surface area contributed by atoms with E-state index < -0.39 is 17.4 Å². The van der Waals surface area contributed by atoms with Gasteiger partial charge in [0.2, 0.25) is 10.9 Å². The van der Waals surface area contributed by atoms with Gasteiger partial charge in [0.25, 0.3) is 11.5 Å². The second-order valence-corrected chi connectivity index (χ2v) is 8.05. The van der Waals surface area contributed by atoms with Gasteiger partial charge in [-0.05, 0) is 37.3 Å². The molecule has 10 heteroatoms. The predicted molar refractivity (Wildman–Crippen MR) is 119 cm³/mol. The van der Waals surface area contributed by atoms with E-state index in [4.69, 9.17) is 10.5 Å².